The second kappa shape index (κ2) is 9.91. The van der Waals surface area contributed by atoms with Crippen molar-refractivity contribution in [1.29, 1.82) is 0 Å². The molecule has 1 amide bonds. The number of aromatic amines is 1. The molecule has 1 saturated heterocycles. The molecule has 0 saturated carbocycles. The fourth-order valence-corrected chi connectivity index (χ4v) is 5.81. The lowest BCUT2D eigenvalue weighted by atomic mass is 9.93. The van der Waals surface area contributed by atoms with Crippen LogP contribution < -0.4 is 5.32 Å². The van der Waals surface area contributed by atoms with Gasteiger partial charge in [0.25, 0.3) is 5.91 Å². The summed E-state index contributed by atoms with van der Waals surface area (Å²) in [6, 6.07) is 9.39. The van der Waals surface area contributed by atoms with Crippen LogP contribution in [0.25, 0.3) is 16.5 Å². The number of aromatic nitrogens is 2. The molecule has 1 aromatic heterocycles. The molecule has 3 heterocycles. The number of carbonyl (C=O) groups is 1. The maximum absolute atomic E-state index is 13.9. The molecule has 36 heavy (non-hydrogen) atoms. The lowest BCUT2D eigenvalue weighted by Crippen LogP contribution is -2.42. The third kappa shape index (κ3) is 5.02. The number of benzene rings is 2. The van der Waals surface area contributed by atoms with Gasteiger partial charge >= 0.3 is 6.18 Å². The summed E-state index contributed by atoms with van der Waals surface area (Å²) < 4.78 is 41.6. The Balaban J connectivity index is 1.57. The Bertz CT molecular complexity index is 1380. The number of allylic oxidation sites excluding steroid dienone is 1. The average Bonchev–Trinajstić information content (AvgIpc) is 3.48. The number of piperidine rings is 1. The van der Waals surface area contributed by atoms with E-state index >= 15 is 0 Å². The van der Waals surface area contributed by atoms with E-state index in [9.17, 15) is 18.0 Å². The Morgan fingerprint density at radius 2 is 1.97 bits per heavy atom. The highest BCUT2D eigenvalue weighted by Crippen LogP contribution is 2.41. The first kappa shape index (κ1) is 24.9. The number of hydrogen-bond donors (Lipinski definition) is 2. The van der Waals surface area contributed by atoms with Crippen LogP contribution in [0.1, 0.15) is 29.5 Å². The van der Waals surface area contributed by atoms with Crippen LogP contribution in [0.4, 0.5) is 13.2 Å². The minimum absolute atomic E-state index is 0.000582. The van der Waals surface area contributed by atoms with Gasteiger partial charge in [-0.2, -0.15) is 23.3 Å². The Morgan fingerprint density at radius 1 is 1.19 bits per heavy atom. The zero-order valence-electron chi connectivity index (χ0n) is 19.3. The standard InChI is InChI=1S/C25H23ClF3N5OS/c1-34(18-6-8-30-9-7-18)24-32-23(35)22(36-24)19(14-3-5-21-16(10-14)13-31-33-21)11-15-2-4-17(26)12-20(15)25(27,28)29/h2-5,10,12-13,18,30H,6-9,11H2,1H3,(H,31,33). The van der Waals surface area contributed by atoms with Crippen molar-refractivity contribution in [2.45, 2.75) is 31.5 Å². The third-order valence-electron chi connectivity index (χ3n) is 6.55. The van der Waals surface area contributed by atoms with E-state index in [1.165, 1.54) is 23.9 Å². The van der Waals surface area contributed by atoms with Crippen molar-refractivity contribution in [1.82, 2.24) is 20.4 Å². The number of thioether (sulfide) groups is 1. The van der Waals surface area contributed by atoms with Crippen LogP contribution in [-0.2, 0) is 17.4 Å². The summed E-state index contributed by atoms with van der Waals surface area (Å²) in [6.45, 7) is 1.77. The molecule has 0 atom stereocenters. The molecule has 0 aliphatic carbocycles. The lowest BCUT2D eigenvalue weighted by Gasteiger charge is -2.32. The van der Waals surface area contributed by atoms with E-state index in [0.717, 1.165) is 42.9 Å². The Kier molecular flexibility index (Phi) is 6.84. The number of alkyl halides is 3. The second-order valence-corrected chi connectivity index (χ2v) is 10.3. The highest BCUT2D eigenvalue weighted by atomic mass is 35.5. The first-order valence-electron chi connectivity index (χ1n) is 11.5. The number of nitrogens with zero attached hydrogens (tertiary/aromatic N) is 3. The quantitative estimate of drug-likeness (QED) is 0.433. The van der Waals surface area contributed by atoms with Gasteiger partial charge in [0.1, 0.15) is 0 Å². The molecule has 2 aromatic carbocycles. The smallest absolute Gasteiger partial charge is 0.351 e. The summed E-state index contributed by atoms with van der Waals surface area (Å²) in [6.07, 6.45) is -1.21. The number of amides is 1. The van der Waals surface area contributed by atoms with E-state index in [4.69, 9.17) is 11.6 Å². The first-order valence-corrected chi connectivity index (χ1v) is 12.7. The Hall–Kier alpha value is -2.82. The van der Waals surface area contributed by atoms with Crippen LogP contribution in [-0.4, -0.2) is 52.4 Å². The van der Waals surface area contributed by atoms with Gasteiger partial charge in [0.15, 0.2) is 5.17 Å². The van der Waals surface area contributed by atoms with E-state index in [2.05, 4.69) is 20.5 Å². The zero-order valence-corrected chi connectivity index (χ0v) is 20.9. The van der Waals surface area contributed by atoms with Gasteiger partial charge in [0.05, 0.1) is 22.2 Å². The third-order valence-corrected chi connectivity index (χ3v) is 7.97. The predicted molar refractivity (Wildman–Crippen MR) is 137 cm³/mol. The van der Waals surface area contributed by atoms with Crippen molar-refractivity contribution in [3.05, 3.63) is 69.2 Å². The number of amidine groups is 1. The van der Waals surface area contributed by atoms with Crippen LogP contribution in [0.15, 0.2) is 52.5 Å². The molecule has 6 nitrogen and oxygen atoms in total. The summed E-state index contributed by atoms with van der Waals surface area (Å²) in [5.41, 5.74) is 1.14. The van der Waals surface area contributed by atoms with Crippen molar-refractivity contribution in [2.24, 2.45) is 4.99 Å². The van der Waals surface area contributed by atoms with Crippen LogP contribution in [0.5, 0.6) is 0 Å². The van der Waals surface area contributed by atoms with Gasteiger partial charge in [0.2, 0.25) is 0 Å². The molecule has 0 unspecified atom stereocenters. The number of hydrogen-bond acceptors (Lipinski definition) is 5. The van der Waals surface area contributed by atoms with Gasteiger partial charge in [-0.15, -0.1) is 0 Å². The van der Waals surface area contributed by atoms with Gasteiger partial charge in [-0.1, -0.05) is 23.7 Å². The second-order valence-electron chi connectivity index (χ2n) is 8.85. The van der Waals surface area contributed by atoms with Crippen molar-refractivity contribution in [3.63, 3.8) is 0 Å². The Morgan fingerprint density at radius 3 is 2.72 bits per heavy atom. The Labute approximate surface area is 215 Å². The van der Waals surface area contributed by atoms with Gasteiger partial charge < -0.3 is 10.2 Å². The van der Waals surface area contributed by atoms with Crippen LogP contribution >= 0.6 is 23.4 Å². The highest BCUT2D eigenvalue weighted by molar-refractivity contribution is 8.18. The van der Waals surface area contributed by atoms with E-state index in [-0.39, 0.29) is 23.0 Å². The number of rotatable bonds is 4. The fourth-order valence-electron chi connectivity index (χ4n) is 4.59. The summed E-state index contributed by atoms with van der Waals surface area (Å²) in [5.74, 6) is -0.444. The van der Waals surface area contributed by atoms with E-state index < -0.39 is 17.6 Å². The lowest BCUT2D eigenvalue weighted by molar-refractivity contribution is -0.138. The zero-order chi connectivity index (χ0) is 25.4. The molecule has 188 valence electrons. The van der Waals surface area contributed by atoms with Crippen molar-refractivity contribution in [2.75, 3.05) is 20.1 Å². The summed E-state index contributed by atoms with van der Waals surface area (Å²) in [7, 11) is 1.91. The molecule has 2 N–H and O–H groups in total. The number of fused-ring (bicyclic) bond motifs is 1. The summed E-state index contributed by atoms with van der Waals surface area (Å²) in [4.78, 5) is 19.8. The normalized spacial score (nSPS) is 18.6. The topological polar surface area (TPSA) is 73.4 Å². The SMILES string of the molecule is CN(C1=NC(=O)C(=C(Cc2ccc(Cl)cc2C(F)(F)F)c2ccc3[nH]ncc3c2)S1)C1CCNCC1. The first-order chi connectivity index (χ1) is 17.2. The van der Waals surface area contributed by atoms with Gasteiger partial charge in [-0.3, -0.25) is 9.89 Å². The average molecular weight is 534 g/mol. The molecule has 0 spiro atoms. The minimum Gasteiger partial charge on any atom is -0.351 e. The molecule has 2 aliphatic rings. The summed E-state index contributed by atoms with van der Waals surface area (Å²) >= 11 is 7.12. The van der Waals surface area contributed by atoms with E-state index in [1.807, 2.05) is 18.0 Å². The summed E-state index contributed by atoms with van der Waals surface area (Å²) in [5, 5.41) is 11.6. The number of H-pyrrole nitrogens is 1. The molecule has 0 bridgehead atoms. The number of halogens is 4. The minimum atomic E-state index is -4.59. The van der Waals surface area contributed by atoms with Crippen LogP contribution in [0.3, 0.4) is 0 Å². The number of nitrogens with one attached hydrogen (secondary N) is 2. The van der Waals surface area contributed by atoms with Gasteiger partial charge in [0, 0.05) is 23.5 Å². The maximum atomic E-state index is 13.9. The molecule has 3 aromatic rings. The molecular formula is C25H23ClF3N5OS. The molecule has 1 fully saturated rings. The molecule has 0 radical (unpaired) electrons. The van der Waals surface area contributed by atoms with Crippen molar-refractivity contribution < 1.29 is 18.0 Å². The molecule has 2 aliphatic heterocycles. The molecule has 5 rings (SSSR count). The van der Waals surface area contributed by atoms with Crippen molar-refractivity contribution >= 4 is 50.9 Å². The predicted octanol–water partition coefficient (Wildman–Crippen LogP) is 5.50. The monoisotopic (exact) mass is 533 g/mol. The van der Waals surface area contributed by atoms with Gasteiger partial charge in [-0.25, -0.2) is 0 Å². The fraction of sp³-hybridized carbons (Fsp3) is 0.320. The number of aliphatic imine (C=N–C) groups is 1. The largest absolute Gasteiger partial charge is 0.416 e. The van der Waals surface area contributed by atoms with E-state index in [0.29, 0.717) is 21.2 Å². The van der Waals surface area contributed by atoms with Gasteiger partial charge in [-0.05, 0) is 85.1 Å². The van der Waals surface area contributed by atoms with E-state index in [1.54, 1.807) is 18.3 Å². The van der Waals surface area contributed by atoms with Crippen LogP contribution in [0, 0.1) is 0 Å². The van der Waals surface area contributed by atoms with Crippen molar-refractivity contribution in [3.8, 4) is 0 Å². The number of carbonyl (C=O) groups excluding carboxylic acids is 1. The molecule has 11 heteroatoms. The maximum Gasteiger partial charge on any atom is 0.416 e. The van der Waals surface area contributed by atoms with Crippen LogP contribution in [0.2, 0.25) is 5.02 Å². The highest BCUT2D eigenvalue weighted by Gasteiger charge is 2.35. The molecular weight excluding hydrogens is 511 g/mol.